The highest BCUT2D eigenvalue weighted by molar-refractivity contribution is 5.76. The van der Waals surface area contributed by atoms with E-state index < -0.39 is 0 Å². The van der Waals surface area contributed by atoms with Crippen LogP contribution in [0.3, 0.4) is 0 Å². The molecular weight excluding hydrogens is 216 g/mol. The van der Waals surface area contributed by atoms with Crippen LogP contribution < -0.4 is 10.6 Å². The molecule has 2 N–H and O–H groups in total. The van der Waals surface area contributed by atoms with Gasteiger partial charge in [-0.25, -0.2) is 0 Å². The van der Waals surface area contributed by atoms with E-state index in [1.165, 1.54) is 0 Å². The Kier molecular flexibility index (Phi) is 5.40. The largest absolute Gasteiger partial charge is 0.375 e. The molecule has 1 rings (SSSR count). The molecule has 4 nitrogen and oxygen atoms in total. The average molecular weight is 242 g/mol. The predicted octanol–water partition coefficient (Wildman–Crippen LogP) is 1.45. The fourth-order valence-electron chi connectivity index (χ4n) is 2.13. The number of carbonyl (C=O) groups is 1. The topological polar surface area (TPSA) is 50.4 Å². The van der Waals surface area contributed by atoms with Gasteiger partial charge < -0.3 is 15.4 Å². The van der Waals surface area contributed by atoms with Gasteiger partial charge in [0.15, 0.2) is 0 Å². The summed E-state index contributed by atoms with van der Waals surface area (Å²) in [7, 11) is 0. The lowest BCUT2D eigenvalue weighted by atomic mass is 9.94. The molecule has 1 atom stereocenters. The van der Waals surface area contributed by atoms with E-state index in [4.69, 9.17) is 4.74 Å². The van der Waals surface area contributed by atoms with Crippen LogP contribution in [-0.2, 0) is 9.53 Å². The van der Waals surface area contributed by atoms with Crippen LogP contribution in [0.2, 0.25) is 0 Å². The molecule has 1 fully saturated rings. The number of nitrogens with one attached hydrogen (secondary N) is 2. The lowest BCUT2D eigenvalue weighted by molar-refractivity contribution is -0.124. The minimum atomic E-state index is -0.105. The molecule has 17 heavy (non-hydrogen) atoms. The highest BCUT2D eigenvalue weighted by Crippen LogP contribution is 2.23. The fourth-order valence-corrected chi connectivity index (χ4v) is 2.13. The lowest BCUT2D eigenvalue weighted by Crippen LogP contribution is -2.46. The third-order valence-electron chi connectivity index (χ3n) is 2.97. The molecule has 4 heteroatoms. The summed E-state index contributed by atoms with van der Waals surface area (Å²) < 4.78 is 5.63. The highest BCUT2D eigenvalue weighted by atomic mass is 16.5. The van der Waals surface area contributed by atoms with E-state index in [1.54, 1.807) is 0 Å². The number of carbonyl (C=O) groups excluding carboxylic acids is 1. The summed E-state index contributed by atoms with van der Waals surface area (Å²) in [6.45, 7) is 9.80. The third-order valence-corrected chi connectivity index (χ3v) is 2.97. The zero-order valence-electron chi connectivity index (χ0n) is 11.5. The molecule has 0 aliphatic carbocycles. The van der Waals surface area contributed by atoms with Crippen LogP contribution >= 0.6 is 0 Å². The molecule has 0 bridgehead atoms. The second-order valence-corrected chi connectivity index (χ2v) is 5.72. The van der Waals surface area contributed by atoms with Gasteiger partial charge in [-0.1, -0.05) is 13.8 Å². The molecule has 0 saturated carbocycles. The van der Waals surface area contributed by atoms with Crippen molar-refractivity contribution >= 4 is 5.91 Å². The maximum atomic E-state index is 11.7. The quantitative estimate of drug-likeness (QED) is 0.767. The van der Waals surface area contributed by atoms with Gasteiger partial charge in [-0.3, -0.25) is 4.79 Å². The maximum absolute atomic E-state index is 11.7. The molecule has 0 spiro atoms. The first-order valence-corrected chi connectivity index (χ1v) is 6.56. The number of amides is 1. The summed E-state index contributed by atoms with van der Waals surface area (Å²) in [5, 5.41) is 6.33. The molecule has 1 saturated heterocycles. The zero-order valence-corrected chi connectivity index (χ0v) is 11.5. The van der Waals surface area contributed by atoms with Gasteiger partial charge >= 0.3 is 0 Å². The molecule has 0 aromatic carbocycles. The number of hydrogen-bond donors (Lipinski definition) is 2. The van der Waals surface area contributed by atoms with Gasteiger partial charge in [0.25, 0.3) is 0 Å². The van der Waals surface area contributed by atoms with Crippen LogP contribution in [0, 0.1) is 0 Å². The summed E-state index contributed by atoms with van der Waals surface area (Å²) in [5.74, 6) is 0.140. The van der Waals surface area contributed by atoms with E-state index in [2.05, 4.69) is 38.3 Å². The molecule has 0 aromatic heterocycles. The Bertz CT molecular complexity index is 252. The predicted molar refractivity (Wildman–Crippen MR) is 69.0 cm³/mol. The average Bonchev–Trinajstić information content (AvgIpc) is 2.14. The van der Waals surface area contributed by atoms with E-state index in [0.717, 1.165) is 26.0 Å². The highest BCUT2D eigenvalue weighted by Gasteiger charge is 2.29. The molecule has 0 aromatic rings. The third kappa shape index (κ3) is 6.03. The Balaban J connectivity index is 2.22. The van der Waals surface area contributed by atoms with Crippen LogP contribution in [-0.4, -0.2) is 36.7 Å². The first-order chi connectivity index (χ1) is 7.89. The lowest BCUT2D eigenvalue weighted by Gasteiger charge is -2.35. The normalized spacial score (nSPS) is 23.7. The maximum Gasteiger partial charge on any atom is 0.221 e. The van der Waals surface area contributed by atoms with E-state index in [-0.39, 0.29) is 17.6 Å². The SMILES string of the molecule is CC(C)NCCC(=O)NC1CCOC(C)(C)C1. The zero-order chi connectivity index (χ0) is 12.9. The molecule has 1 amide bonds. The molecule has 0 radical (unpaired) electrons. The second-order valence-electron chi connectivity index (χ2n) is 5.72. The Morgan fingerprint density at radius 3 is 2.76 bits per heavy atom. The summed E-state index contributed by atoms with van der Waals surface area (Å²) in [4.78, 5) is 11.7. The molecule has 1 heterocycles. The van der Waals surface area contributed by atoms with Crippen LogP contribution in [0.1, 0.15) is 47.0 Å². The number of hydrogen-bond acceptors (Lipinski definition) is 3. The van der Waals surface area contributed by atoms with Crippen molar-refractivity contribution in [2.75, 3.05) is 13.2 Å². The Labute approximate surface area is 104 Å². The van der Waals surface area contributed by atoms with Crippen LogP contribution in [0.25, 0.3) is 0 Å². The van der Waals surface area contributed by atoms with E-state index in [9.17, 15) is 4.79 Å². The molecule has 100 valence electrons. The Morgan fingerprint density at radius 2 is 2.18 bits per heavy atom. The molecular formula is C13H26N2O2. The van der Waals surface area contributed by atoms with Gasteiger partial charge in [-0.05, 0) is 26.7 Å². The van der Waals surface area contributed by atoms with Crippen molar-refractivity contribution in [3.05, 3.63) is 0 Å². The van der Waals surface area contributed by atoms with Crippen molar-refractivity contribution in [3.63, 3.8) is 0 Å². The van der Waals surface area contributed by atoms with Crippen molar-refractivity contribution in [2.45, 2.75) is 64.6 Å². The van der Waals surface area contributed by atoms with Gasteiger partial charge in [-0.15, -0.1) is 0 Å². The standard InChI is InChI=1S/C13H26N2O2/c1-10(2)14-7-5-12(16)15-11-6-8-17-13(3,4)9-11/h10-11,14H,5-9H2,1-4H3,(H,15,16). The van der Waals surface area contributed by atoms with Gasteiger partial charge in [0.1, 0.15) is 0 Å². The molecule has 1 aliphatic heterocycles. The first kappa shape index (κ1) is 14.5. The van der Waals surface area contributed by atoms with Crippen molar-refractivity contribution in [1.82, 2.24) is 10.6 Å². The van der Waals surface area contributed by atoms with Crippen LogP contribution in [0.15, 0.2) is 0 Å². The van der Waals surface area contributed by atoms with Crippen molar-refractivity contribution in [2.24, 2.45) is 0 Å². The molecule has 1 unspecified atom stereocenters. The summed E-state index contributed by atoms with van der Waals surface area (Å²) in [6, 6.07) is 0.704. The van der Waals surface area contributed by atoms with E-state index in [1.807, 2.05) is 0 Å². The van der Waals surface area contributed by atoms with Crippen molar-refractivity contribution in [3.8, 4) is 0 Å². The van der Waals surface area contributed by atoms with Gasteiger partial charge in [0.05, 0.1) is 5.60 Å². The Morgan fingerprint density at radius 1 is 1.47 bits per heavy atom. The van der Waals surface area contributed by atoms with Crippen LogP contribution in [0.4, 0.5) is 0 Å². The number of ether oxygens (including phenoxy) is 1. The van der Waals surface area contributed by atoms with Gasteiger partial charge in [-0.2, -0.15) is 0 Å². The minimum Gasteiger partial charge on any atom is -0.375 e. The van der Waals surface area contributed by atoms with Crippen molar-refractivity contribution < 1.29 is 9.53 Å². The summed E-state index contributed by atoms with van der Waals surface area (Å²) in [5.41, 5.74) is -0.105. The summed E-state index contributed by atoms with van der Waals surface area (Å²) >= 11 is 0. The number of rotatable bonds is 5. The van der Waals surface area contributed by atoms with Gasteiger partial charge in [0, 0.05) is 31.7 Å². The van der Waals surface area contributed by atoms with Crippen LogP contribution in [0.5, 0.6) is 0 Å². The smallest absolute Gasteiger partial charge is 0.221 e. The van der Waals surface area contributed by atoms with Crippen molar-refractivity contribution in [1.29, 1.82) is 0 Å². The van der Waals surface area contributed by atoms with E-state index in [0.29, 0.717) is 12.5 Å². The van der Waals surface area contributed by atoms with Gasteiger partial charge in [0.2, 0.25) is 5.91 Å². The summed E-state index contributed by atoms with van der Waals surface area (Å²) in [6.07, 6.45) is 2.37. The first-order valence-electron chi connectivity index (χ1n) is 6.56. The molecule has 1 aliphatic rings. The monoisotopic (exact) mass is 242 g/mol. The second kappa shape index (κ2) is 6.36. The fraction of sp³-hybridized carbons (Fsp3) is 0.923. The minimum absolute atomic E-state index is 0.105. The Hall–Kier alpha value is -0.610. The van der Waals surface area contributed by atoms with E-state index >= 15 is 0 Å².